The molecule has 16 N–H and O–H groups in total. The van der Waals surface area contributed by atoms with Gasteiger partial charge in [-0.1, -0.05) is 30.3 Å². The van der Waals surface area contributed by atoms with Gasteiger partial charge >= 0.3 is 17.9 Å². The molecule has 0 radical (unpaired) electrons. The molecule has 0 bridgehead atoms. The van der Waals surface area contributed by atoms with Crippen molar-refractivity contribution in [3.63, 3.8) is 0 Å². The Morgan fingerprint density at radius 1 is 0.686 bits per heavy atom. The van der Waals surface area contributed by atoms with Crippen LogP contribution in [0.2, 0.25) is 0 Å². The number of aliphatic carboxylic acids is 3. The molecular weight excluding hydrogens is 925 g/mol. The molecule has 8 unspecified atom stereocenters. The quantitative estimate of drug-likeness (QED) is 0.0212. The van der Waals surface area contributed by atoms with E-state index in [0.717, 1.165) is 0 Å². The van der Waals surface area contributed by atoms with Gasteiger partial charge in [-0.2, -0.15) is 0 Å². The number of carbonyl (C=O) groups is 11. The Bertz CT molecular complexity index is 2090. The average molecular weight is 989 g/mol. The van der Waals surface area contributed by atoms with Gasteiger partial charge in [-0.3, -0.25) is 52.9 Å². The fourth-order valence-electron chi connectivity index (χ4n) is 7.71. The van der Waals surface area contributed by atoms with Gasteiger partial charge in [-0.15, -0.1) is 0 Å². The van der Waals surface area contributed by atoms with Crippen LogP contribution in [0.25, 0.3) is 0 Å². The third-order valence-corrected chi connectivity index (χ3v) is 11.4. The van der Waals surface area contributed by atoms with E-state index in [1.165, 1.54) is 16.7 Å². The third kappa shape index (κ3) is 18.2. The van der Waals surface area contributed by atoms with Crippen LogP contribution in [0.4, 0.5) is 0 Å². The van der Waals surface area contributed by atoms with E-state index in [9.17, 15) is 63.0 Å². The van der Waals surface area contributed by atoms with Crippen LogP contribution in [0.3, 0.4) is 0 Å². The molecule has 3 rings (SSSR count). The van der Waals surface area contributed by atoms with Crippen LogP contribution in [0.1, 0.15) is 76.7 Å². The fourth-order valence-corrected chi connectivity index (χ4v) is 7.71. The fraction of sp³-hybridized carbons (Fsp3) is 0.581. The maximum Gasteiger partial charge on any atom is 0.326 e. The van der Waals surface area contributed by atoms with Crippen molar-refractivity contribution < 1.29 is 73.2 Å². The van der Waals surface area contributed by atoms with Gasteiger partial charge < -0.3 is 79.3 Å². The average Bonchev–Trinajstić information content (AvgIpc) is 4.02. The summed E-state index contributed by atoms with van der Waals surface area (Å²) in [5.74, 6) is -10.6. The topological polar surface area (TPSA) is 438 Å². The number of amides is 8. The number of nitrogens with two attached hydrogens (primary N) is 3. The van der Waals surface area contributed by atoms with Gasteiger partial charge in [-0.25, -0.2) is 4.79 Å². The number of carboxylic acids is 3. The summed E-state index contributed by atoms with van der Waals surface area (Å²) < 4.78 is 0. The summed E-state index contributed by atoms with van der Waals surface area (Å²) in [5.41, 5.74) is 17.3. The van der Waals surface area contributed by atoms with E-state index in [1.54, 1.807) is 30.3 Å². The minimum Gasteiger partial charge on any atom is -0.481 e. The molecule has 1 aromatic rings. The van der Waals surface area contributed by atoms with Crippen molar-refractivity contribution >= 4 is 71.1 Å². The molecule has 8 atom stereocenters. The number of rotatable bonds is 28. The molecule has 27 nitrogen and oxygen atoms in total. The lowest BCUT2D eigenvalue weighted by atomic mass is 10.0. The van der Waals surface area contributed by atoms with Crippen molar-refractivity contribution in [2.75, 3.05) is 32.8 Å². The Balaban J connectivity index is 1.66. The van der Waals surface area contributed by atoms with Gasteiger partial charge in [0.05, 0.1) is 19.2 Å². The SMILES string of the molecule is CC(NC(=O)CNC(=O)C1CCCN1C(=O)C(CCCN=C(N)N)NC(=O)C(N)CCC(=O)O)C(=O)NC(Cc1ccccc1)C(=O)N1CCCC1C(=O)NC(CO)C(=O)NC(CCC(=O)O)C(=O)O. The van der Waals surface area contributed by atoms with Crippen molar-refractivity contribution in [3.05, 3.63) is 35.9 Å². The second kappa shape index (κ2) is 28.2. The van der Waals surface area contributed by atoms with Crippen LogP contribution in [0.5, 0.6) is 0 Å². The molecule has 0 aromatic heterocycles. The number of aliphatic hydroxyl groups is 1. The molecule has 27 heteroatoms. The number of nitrogens with one attached hydrogen (secondary N) is 6. The summed E-state index contributed by atoms with van der Waals surface area (Å²) in [7, 11) is 0. The summed E-state index contributed by atoms with van der Waals surface area (Å²) in [4.78, 5) is 147. The molecule has 8 amide bonds. The van der Waals surface area contributed by atoms with E-state index in [2.05, 4.69) is 36.9 Å². The maximum absolute atomic E-state index is 14.2. The largest absolute Gasteiger partial charge is 0.481 e. The Hall–Kier alpha value is -7.42. The summed E-state index contributed by atoms with van der Waals surface area (Å²) in [6.07, 6.45) is -0.371. The van der Waals surface area contributed by atoms with Crippen molar-refractivity contribution in [2.24, 2.45) is 22.2 Å². The van der Waals surface area contributed by atoms with E-state index in [-0.39, 0.29) is 70.5 Å². The zero-order chi connectivity index (χ0) is 52.1. The van der Waals surface area contributed by atoms with Crippen LogP contribution in [-0.4, -0.2) is 182 Å². The highest BCUT2D eigenvalue weighted by molar-refractivity contribution is 5.98. The van der Waals surface area contributed by atoms with Crippen molar-refractivity contribution in [1.29, 1.82) is 0 Å². The number of carbonyl (C=O) groups excluding carboxylic acids is 8. The van der Waals surface area contributed by atoms with Gasteiger partial charge in [0.1, 0.15) is 42.3 Å². The van der Waals surface area contributed by atoms with Gasteiger partial charge in [0.15, 0.2) is 5.96 Å². The molecule has 0 aliphatic carbocycles. The van der Waals surface area contributed by atoms with Crippen LogP contribution in [0, 0.1) is 0 Å². The highest BCUT2D eigenvalue weighted by atomic mass is 16.4. The van der Waals surface area contributed by atoms with E-state index in [0.29, 0.717) is 18.4 Å². The lowest BCUT2D eigenvalue weighted by molar-refractivity contribution is -0.144. The van der Waals surface area contributed by atoms with E-state index in [1.807, 2.05) is 0 Å². The summed E-state index contributed by atoms with van der Waals surface area (Å²) in [5, 5.41) is 51.8. The minimum atomic E-state index is -1.67. The first-order valence-corrected chi connectivity index (χ1v) is 22.6. The lowest BCUT2D eigenvalue weighted by Gasteiger charge is -2.30. The third-order valence-electron chi connectivity index (χ3n) is 11.4. The molecular formula is C43H64N12O15. The first kappa shape index (κ1) is 56.9. The predicted molar refractivity (Wildman–Crippen MR) is 244 cm³/mol. The number of nitrogens with zero attached hydrogens (tertiary/aromatic N) is 3. The Labute approximate surface area is 402 Å². The highest BCUT2D eigenvalue weighted by Crippen LogP contribution is 2.22. The van der Waals surface area contributed by atoms with Gasteiger partial charge in [-0.05, 0) is 63.9 Å². The van der Waals surface area contributed by atoms with E-state index in [4.69, 9.17) is 27.4 Å². The number of likely N-dealkylation sites (tertiary alicyclic amines) is 2. The summed E-state index contributed by atoms with van der Waals surface area (Å²) in [6, 6.07) is -2.00. The van der Waals surface area contributed by atoms with Crippen LogP contribution in [0.15, 0.2) is 35.3 Å². The highest BCUT2D eigenvalue weighted by Gasteiger charge is 2.41. The number of hydrogen-bond donors (Lipinski definition) is 13. The number of guanidine groups is 1. The van der Waals surface area contributed by atoms with Gasteiger partial charge in [0.2, 0.25) is 47.3 Å². The van der Waals surface area contributed by atoms with Crippen molar-refractivity contribution in [2.45, 2.75) is 126 Å². The first-order chi connectivity index (χ1) is 33.1. The zero-order valence-corrected chi connectivity index (χ0v) is 38.7. The van der Waals surface area contributed by atoms with Crippen LogP contribution >= 0.6 is 0 Å². The Morgan fingerprint density at radius 2 is 1.24 bits per heavy atom. The molecule has 2 heterocycles. The van der Waals surface area contributed by atoms with Crippen LogP contribution in [-0.2, 0) is 59.2 Å². The number of aliphatic hydroxyl groups excluding tert-OH is 1. The van der Waals surface area contributed by atoms with E-state index < -0.39 is 139 Å². The van der Waals surface area contributed by atoms with E-state index >= 15 is 0 Å². The molecule has 0 spiro atoms. The minimum absolute atomic E-state index is 0.0366. The number of benzene rings is 1. The number of aliphatic imine (C=N–C) groups is 1. The number of hydrogen-bond acceptors (Lipinski definition) is 14. The first-order valence-electron chi connectivity index (χ1n) is 22.6. The molecule has 386 valence electrons. The standard InChI is InChI=1S/C43H64N12O15/c1-23(49-32(57)21-48-38(65)30-11-6-18-54(30)40(67)26(10-5-17-47-43(45)46)50-36(63)25(44)13-15-33(58)59)35(62)52-28(20-24-8-3-2-4-9-24)41(68)55-19-7-12-31(55)39(66)53-29(22-56)37(64)51-27(42(69)70)14-16-34(60)61/h2-4,8-9,23,25-31,56H,5-7,10-22,44H2,1H3,(H,48,65)(H,49,57)(H,50,63)(H,51,64)(H,52,62)(H,53,66)(H,58,59)(H,60,61)(H,69,70)(H4,45,46,47). The Morgan fingerprint density at radius 3 is 1.81 bits per heavy atom. The zero-order valence-electron chi connectivity index (χ0n) is 38.7. The summed E-state index contributed by atoms with van der Waals surface area (Å²) in [6.45, 7) is 0.0235. The molecule has 0 saturated carbocycles. The smallest absolute Gasteiger partial charge is 0.326 e. The lowest BCUT2D eigenvalue weighted by Crippen LogP contribution is -2.59. The number of carboxylic acid groups (broad SMARTS) is 3. The summed E-state index contributed by atoms with van der Waals surface area (Å²) >= 11 is 0. The maximum atomic E-state index is 14.2. The predicted octanol–water partition coefficient (Wildman–Crippen LogP) is -5.04. The van der Waals surface area contributed by atoms with Crippen molar-refractivity contribution in [3.8, 4) is 0 Å². The molecule has 70 heavy (non-hydrogen) atoms. The second-order valence-electron chi connectivity index (χ2n) is 16.8. The van der Waals surface area contributed by atoms with Gasteiger partial charge in [0, 0.05) is 38.9 Å². The second-order valence-corrected chi connectivity index (χ2v) is 16.8. The molecule has 2 saturated heterocycles. The molecule has 2 aliphatic heterocycles. The molecule has 2 fully saturated rings. The normalized spacial score (nSPS) is 17.8. The van der Waals surface area contributed by atoms with Crippen LogP contribution < -0.4 is 49.1 Å². The molecule has 1 aromatic carbocycles. The Kier molecular flexibility index (Phi) is 22.9. The van der Waals surface area contributed by atoms with Gasteiger partial charge in [0.25, 0.3) is 0 Å². The van der Waals surface area contributed by atoms with Crippen molar-refractivity contribution in [1.82, 2.24) is 41.7 Å². The monoisotopic (exact) mass is 988 g/mol. The molecule has 2 aliphatic rings.